The van der Waals surface area contributed by atoms with Gasteiger partial charge in [0.25, 0.3) is 5.56 Å². The van der Waals surface area contributed by atoms with E-state index in [0.717, 1.165) is 29.6 Å². The minimum Gasteiger partial charge on any atom is -0.334 e. The summed E-state index contributed by atoms with van der Waals surface area (Å²) in [6, 6.07) is 1.59. The van der Waals surface area contributed by atoms with Crippen molar-refractivity contribution in [3.05, 3.63) is 45.3 Å². The molecule has 24 heavy (non-hydrogen) atoms. The van der Waals surface area contributed by atoms with Crippen LogP contribution in [0.3, 0.4) is 0 Å². The fourth-order valence-electron chi connectivity index (χ4n) is 2.80. The van der Waals surface area contributed by atoms with Crippen molar-refractivity contribution in [3.8, 4) is 0 Å². The Labute approximate surface area is 143 Å². The molecule has 1 saturated carbocycles. The van der Waals surface area contributed by atoms with Crippen LogP contribution in [0.1, 0.15) is 42.2 Å². The summed E-state index contributed by atoms with van der Waals surface area (Å²) in [5.74, 6) is 1.56. The van der Waals surface area contributed by atoms with Gasteiger partial charge in [-0.2, -0.15) is 9.61 Å². The van der Waals surface area contributed by atoms with E-state index in [2.05, 4.69) is 31.5 Å². The van der Waals surface area contributed by atoms with E-state index in [4.69, 9.17) is 0 Å². The lowest BCUT2D eigenvalue weighted by atomic mass is 10.3. The van der Waals surface area contributed by atoms with Crippen LogP contribution in [0.25, 0.3) is 4.96 Å². The van der Waals surface area contributed by atoms with E-state index < -0.39 is 0 Å². The van der Waals surface area contributed by atoms with Gasteiger partial charge in [-0.25, -0.2) is 9.97 Å². The highest BCUT2D eigenvalue weighted by atomic mass is 32.1. The van der Waals surface area contributed by atoms with Crippen LogP contribution in [-0.4, -0.2) is 36.1 Å². The molecule has 4 rings (SSSR count). The van der Waals surface area contributed by atoms with Crippen LogP contribution in [0.15, 0.2) is 23.3 Å². The third-order valence-electron chi connectivity index (χ3n) is 4.23. The number of aromatic nitrogens is 5. The molecule has 8 heteroatoms. The average Bonchev–Trinajstić information content (AvgIpc) is 3.15. The van der Waals surface area contributed by atoms with Crippen molar-refractivity contribution in [3.63, 3.8) is 0 Å². The van der Waals surface area contributed by atoms with E-state index in [1.165, 1.54) is 17.4 Å². The Bertz CT molecular complexity index is 922. The second-order valence-corrected chi connectivity index (χ2v) is 7.28. The molecule has 0 radical (unpaired) electrons. The maximum atomic E-state index is 12.3. The number of fused-ring (bicyclic) bond motifs is 1. The zero-order valence-corrected chi connectivity index (χ0v) is 14.7. The van der Waals surface area contributed by atoms with Gasteiger partial charge in [-0.1, -0.05) is 11.3 Å². The topological polar surface area (TPSA) is 68.3 Å². The Morgan fingerprint density at radius 2 is 2.21 bits per heavy atom. The Hall–Kier alpha value is -2.06. The molecule has 0 unspecified atom stereocenters. The third kappa shape index (κ3) is 2.99. The number of hydrogen-bond acceptors (Lipinski definition) is 6. The number of nitrogens with zero attached hydrogens (tertiary/aromatic N) is 6. The van der Waals surface area contributed by atoms with E-state index >= 15 is 0 Å². The van der Waals surface area contributed by atoms with Gasteiger partial charge in [0, 0.05) is 37.5 Å². The first kappa shape index (κ1) is 15.5. The van der Waals surface area contributed by atoms with Crippen molar-refractivity contribution in [1.29, 1.82) is 0 Å². The van der Waals surface area contributed by atoms with Gasteiger partial charge in [-0.3, -0.25) is 9.69 Å². The van der Waals surface area contributed by atoms with Crippen LogP contribution in [-0.2, 0) is 19.6 Å². The molecule has 3 heterocycles. The van der Waals surface area contributed by atoms with Gasteiger partial charge >= 0.3 is 0 Å². The van der Waals surface area contributed by atoms with Crippen molar-refractivity contribution in [1.82, 2.24) is 29.0 Å². The Kier molecular flexibility index (Phi) is 3.93. The minimum atomic E-state index is -0.0957. The van der Waals surface area contributed by atoms with Gasteiger partial charge in [0.2, 0.25) is 4.96 Å². The first-order valence-electron chi connectivity index (χ1n) is 8.22. The van der Waals surface area contributed by atoms with Crippen LogP contribution in [0.2, 0.25) is 0 Å². The predicted octanol–water partition coefficient (Wildman–Crippen LogP) is 1.88. The van der Waals surface area contributed by atoms with Crippen molar-refractivity contribution in [2.24, 2.45) is 0 Å². The summed E-state index contributed by atoms with van der Waals surface area (Å²) in [4.78, 5) is 24.1. The standard InChI is InChI=1S/C16H20N6OS/c1-3-21-7-6-17-13(21)10-20(2)9-12-8-14(23)22-16(18-12)24-15(19-22)11-4-5-11/h6-8,11H,3-5,9-10H2,1-2H3. The molecule has 0 aliphatic heterocycles. The molecule has 3 aromatic rings. The zero-order valence-electron chi connectivity index (χ0n) is 13.8. The summed E-state index contributed by atoms with van der Waals surface area (Å²) >= 11 is 1.54. The maximum Gasteiger partial charge on any atom is 0.275 e. The van der Waals surface area contributed by atoms with Gasteiger partial charge in [-0.05, 0) is 26.8 Å². The molecule has 0 amide bonds. The van der Waals surface area contributed by atoms with E-state index in [0.29, 0.717) is 17.4 Å². The first-order valence-corrected chi connectivity index (χ1v) is 9.04. The molecule has 0 saturated heterocycles. The molecule has 0 aromatic carbocycles. The lowest BCUT2D eigenvalue weighted by Gasteiger charge is -2.16. The quantitative estimate of drug-likeness (QED) is 0.683. The Balaban J connectivity index is 1.54. The summed E-state index contributed by atoms with van der Waals surface area (Å²) in [5.41, 5.74) is 0.685. The second kappa shape index (κ2) is 6.10. The molecule has 0 N–H and O–H groups in total. The summed E-state index contributed by atoms with van der Waals surface area (Å²) in [6.07, 6.45) is 6.15. The zero-order chi connectivity index (χ0) is 16.7. The summed E-state index contributed by atoms with van der Waals surface area (Å²) in [5, 5.41) is 5.45. The number of aryl methyl sites for hydroxylation is 1. The van der Waals surface area contributed by atoms with Gasteiger partial charge in [0.05, 0.1) is 12.2 Å². The fourth-order valence-corrected chi connectivity index (χ4v) is 3.89. The van der Waals surface area contributed by atoms with Crippen LogP contribution in [0.4, 0.5) is 0 Å². The molecule has 7 nitrogen and oxygen atoms in total. The van der Waals surface area contributed by atoms with Crippen LogP contribution in [0.5, 0.6) is 0 Å². The second-order valence-electron chi connectivity index (χ2n) is 6.30. The summed E-state index contributed by atoms with van der Waals surface area (Å²) in [6.45, 7) is 4.33. The van der Waals surface area contributed by atoms with Crippen LogP contribution >= 0.6 is 11.3 Å². The summed E-state index contributed by atoms with van der Waals surface area (Å²) < 4.78 is 3.55. The monoisotopic (exact) mass is 344 g/mol. The van der Waals surface area contributed by atoms with Crippen LogP contribution < -0.4 is 5.56 Å². The lowest BCUT2D eigenvalue weighted by molar-refractivity contribution is 0.302. The molecular weight excluding hydrogens is 324 g/mol. The molecule has 0 bridgehead atoms. The average molecular weight is 344 g/mol. The van der Waals surface area contributed by atoms with E-state index in [9.17, 15) is 4.79 Å². The largest absolute Gasteiger partial charge is 0.334 e. The molecule has 1 fully saturated rings. The third-order valence-corrected chi connectivity index (χ3v) is 5.30. The van der Waals surface area contributed by atoms with Gasteiger partial charge < -0.3 is 4.57 Å². The number of hydrogen-bond donors (Lipinski definition) is 0. The Morgan fingerprint density at radius 1 is 1.38 bits per heavy atom. The smallest absolute Gasteiger partial charge is 0.275 e. The Morgan fingerprint density at radius 3 is 2.96 bits per heavy atom. The van der Waals surface area contributed by atoms with Gasteiger partial charge in [0.15, 0.2) is 0 Å². The molecule has 0 spiro atoms. The van der Waals surface area contributed by atoms with Gasteiger partial charge in [0.1, 0.15) is 10.8 Å². The normalized spacial score (nSPS) is 14.8. The first-order chi connectivity index (χ1) is 11.6. The maximum absolute atomic E-state index is 12.3. The predicted molar refractivity (Wildman–Crippen MR) is 92.2 cm³/mol. The molecular formula is C16H20N6OS. The molecule has 1 aliphatic carbocycles. The van der Waals surface area contributed by atoms with E-state index in [1.807, 2.05) is 19.4 Å². The summed E-state index contributed by atoms with van der Waals surface area (Å²) in [7, 11) is 2.01. The number of rotatable bonds is 6. The van der Waals surface area contributed by atoms with Crippen molar-refractivity contribution in [2.45, 2.75) is 45.3 Å². The van der Waals surface area contributed by atoms with Gasteiger partial charge in [-0.15, -0.1) is 0 Å². The fraction of sp³-hybridized carbons (Fsp3) is 0.500. The minimum absolute atomic E-state index is 0.0957. The van der Waals surface area contributed by atoms with Crippen molar-refractivity contribution in [2.75, 3.05) is 7.05 Å². The van der Waals surface area contributed by atoms with Crippen molar-refractivity contribution < 1.29 is 0 Å². The molecule has 1 aliphatic rings. The molecule has 126 valence electrons. The number of imidazole rings is 1. The molecule has 0 atom stereocenters. The van der Waals surface area contributed by atoms with E-state index in [1.54, 1.807) is 17.4 Å². The van der Waals surface area contributed by atoms with Crippen molar-refractivity contribution >= 4 is 16.3 Å². The van der Waals surface area contributed by atoms with Crippen LogP contribution in [0, 0.1) is 0 Å². The highest BCUT2D eigenvalue weighted by Crippen LogP contribution is 2.41. The highest BCUT2D eigenvalue weighted by molar-refractivity contribution is 7.16. The highest BCUT2D eigenvalue weighted by Gasteiger charge is 2.28. The lowest BCUT2D eigenvalue weighted by Crippen LogP contribution is -2.23. The molecule has 3 aromatic heterocycles. The SMILES string of the molecule is CCn1ccnc1CN(C)Cc1cc(=O)n2nc(C3CC3)sc2n1. The van der Waals surface area contributed by atoms with E-state index in [-0.39, 0.29) is 5.56 Å².